The third-order valence-electron chi connectivity index (χ3n) is 3.85. The Hall–Kier alpha value is -0.210. The maximum atomic E-state index is 12.2. The van der Waals surface area contributed by atoms with Crippen molar-refractivity contribution in [3.05, 3.63) is 0 Å². The largest absolute Gasteiger partial charge is 0.396 e. The van der Waals surface area contributed by atoms with Crippen LogP contribution in [0, 0.1) is 5.92 Å². The van der Waals surface area contributed by atoms with Crippen LogP contribution >= 0.6 is 0 Å². The predicted molar refractivity (Wildman–Crippen MR) is 67.3 cm³/mol. The summed E-state index contributed by atoms with van der Waals surface area (Å²) in [6, 6.07) is -0.120. The van der Waals surface area contributed by atoms with Gasteiger partial charge in [0.2, 0.25) is 0 Å². The molecule has 2 rings (SSSR count). The van der Waals surface area contributed by atoms with E-state index in [0.29, 0.717) is 19.7 Å². The molecule has 0 bridgehead atoms. The number of rotatable bonds is 4. The summed E-state index contributed by atoms with van der Waals surface area (Å²) in [5.41, 5.74) is 0. The summed E-state index contributed by atoms with van der Waals surface area (Å²) in [5.74, 6) is 0.241. The maximum absolute atomic E-state index is 12.2. The van der Waals surface area contributed by atoms with Crippen LogP contribution in [0.5, 0.6) is 0 Å². The number of piperidine rings is 1. The number of hydrogen-bond acceptors (Lipinski definition) is 4. The fourth-order valence-corrected chi connectivity index (χ4v) is 4.02. The molecule has 0 aromatic heterocycles. The van der Waals surface area contributed by atoms with Crippen molar-refractivity contribution in [1.82, 2.24) is 9.03 Å². The molecule has 7 heteroatoms. The quantitative estimate of drug-likeness (QED) is 0.740. The molecule has 0 aliphatic carbocycles. The van der Waals surface area contributed by atoms with E-state index in [1.807, 2.05) is 6.92 Å². The molecule has 0 aromatic carbocycles. The number of ether oxygens (including phenoxy) is 1. The van der Waals surface area contributed by atoms with Crippen molar-refractivity contribution in [2.45, 2.75) is 38.3 Å². The number of nitrogens with one attached hydrogen (secondary N) is 1. The van der Waals surface area contributed by atoms with Gasteiger partial charge < -0.3 is 9.84 Å². The van der Waals surface area contributed by atoms with Crippen molar-refractivity contribution in [1.29, 1.82) is 0 Å². The zero-order valence-corrected chi connectivity index (χ0v) is 11.5. The van der Waals surface area contributed by atoms with Crippen LogP contribution in [0.3, 0.4) is 0 Å². The van der Waals surface area contributed by atoms with E-state index < -0.39 is 10.2 Å². The van der Waals surface area contributed by atoms with Gasteiger partial charge in [0.05, 0.1) is 12.1 Å². The summed E-state index contributed by atoms with van der Waals surface area (Å²) in [7, 11) is -3.41. The molecule has 2 heterocycles. The Bertz CT molecular complexity index is 365. The summed E-state index contributed by atoms with van der Waals surface area (Å²) in [4.78, 5) is 0. The van der Waals surface area contributed by atoms with Crippen LogP contribution in [0.4, 0.5) is 0 Å². The van der Waals surface area contributed by atoms with Crippen LogP contribution in [0.15, 0.2) is 0 Å². The van der Waals surface area contributed by atoms with Crippen LogP contribution in [0.1, 0.15) is 26.2 Å². The Morgan fingerprint density at radius 1 is 1.33 bits per heavy atom. The van der Waals surface area contributed by atoms with Crippen LogP contribution in [-0.4, -0.2) is 56.3 Å². The molecule has 0 amide bonds. The molecule has 2 fully saturated rings. The lowest BCUT2D eigenvalue weighted by atomic mass is 10.00. The molecular weight excluding hydrogens is 256 g/mol. The molecule has 2 aliphatic heterocycles. The molecule has 18 heavy (non-hydrogen) atoms. The highest BCUT2D eigenvalue weighted by Gasteiger charge is 2.33. The molecule has 0 radical (unpaired) electrons. The monoisotopic (exact) mass is 278 g/mol. The van der Waals surface area contributed by atoms with E-state index in [2.05, 4.69) is 4.72 Å². The van der Waals surface area contributed by atoms with E-state index in [1.165, 1.54) is 4.31 Å². The summed E-state index contributed by atoms with van der Waals surface area (Å²) in [5, 5.41) is 9.04. The Balaban J connectivity index is 1.91. The van der Waals surface area contributed by atoms with Gasteiger partial charge in [-0.25, -0.2) is 0 Å². The summed E-state index contributed by atoms with van der Waals surface area (Å²) in [6.07, 6.45) is 2.13. The minimum atomic E-state index is -3.41. The second kappa shape index (κ2) is 5.83. The topological polar surface area (TPSA) is 78.9 Å². The second-order valence-corrected chi connectivity index (χ2v) is 6.82. The number of nitrogens with zero attached hydrogens (tertiary/aromatic N) is 1. The summed E-state index contributed by atoms with van der Waals surface area (Å²) >= 11 is 0. The Morgan fingerprint density at radius 3 is 2.50 bits per heavy atom. The molecular formula is C11H22N2O4S. The van der Waals surface area contributed by atoms with Crippen LogP contribution in [-0.2, 0) is 14.9 Å². The average molecular weight is 278 g/mol. The first-order valence-electron chi connectivity index (χ1n) is 6.53. The van der Waals surface area contributed by atoms with Gasteiger partial charge in [-0.15, -0.1) is 0 Å². The molecule has 0 spiro atoms. The lowest BCUT2D eigenvalue weighted by molar-refractivity contribution is 0.116. The number of hydrogen-bond donors (Lipinski definition) is 2. The smallest absolute Gasteiger partial charge is 0.279 e. The van der Waals surface area contributed by atoms with E-state index >= 15 is 0 Å². The fraction of sp³-hybridized carbons (Fsp3) is 1.00. The molecule has 6 nitrogen and oxygen atoms in total. The Kier molecular flexibility index (Phi) is 4.60. The van der Waals surface area contributed by atoms with Gasteiger partial charge in [-0.05, 0) is 32.1 Å². The Morgan fingerprint density at radius 2 is 2.00 bits per heavy atom. The molecule has 106 valence electrons. The SMILES string of the molecule is CC1OCCC1NS(=O)(=O)N1CCC(CO)CC1. The van der Waals surface area contributed by atoms with Crippen LogP contribution < -0.4 is 4.72 Å². The number of aliphatic hydroxyl groups excluding tert-OH is 1. The van der Waals surface area contributed by atoms with Gasteiger partial charge in [0, 0.05) is 26.3 Å². The molecule has 2 aliphatic rings. The van der Waals surface area contributed by atoms with Gasteiger partial charge in [-0.3, -0.25) is 0 Å². The molecule has 2 unspecified atom stereocenters. The first-order chi connectivity index (χ1) is 8.53. The summed E-state index contributed by atoms with van der Waals surface area (Å²) < 4.78 is 33.9. The minimum Gasteiger partial charge on any atom is -0.396 e. The van der Waals surface area contributed by atoms with Gasteiger partial charge >= 0.3 is 0 Å². The zero-order valence-electron chi connectivity index (χ0n) is 10.7. The molecule has 2 N–H and O–H groups in total. The van der Waals surface area contributed by atoms with Gasteiger partial charge in [0.1, 0.15) is 0 Å². The van der Waals surface area contributed by atoms with Gasteiger partial charge in [0.15, 0.2) is 0 Å². The maximum Gasteiger partial charge on any atom is 0.279 e. The van der Waals surface area contributed by atoms with E-state index in [4.69, 9.17) is 9.84 Å². The predicted octanol–water partition coefficient (Wildman–Crippen LogP) is -0.297. The second-order valence-electron chi connectivity index (χ2n) is 5.12. The van der Waals surface area contributed by atoms with E-state index in [-0.39, 0.29) is 24.7 Å². The van der Waals surface area contributed by atoms with E-state index in [0.717, 1.165) is 19.3 Å². The van der Waals surface area contributed by atoms with Gasteiger partial charge in [0.25, 0.3) is 10.2 Å². The van der Waals surface area contributed by atoms with Crippen molar-refractivity contribution in [2.24, 2.45) is 5.92 Å². The molecule has 2 atom stereocenters. The zero-order chi connectivity index (χ0) is 13.2. The van der Waals surface area contributed by atoms with Gasteiger partial charge in [-0.1, -0.05) is 0 Å². The highest BCUT2D eigenvalue weighted by atomic mass is 32.2. The lowest BCUT2D eigenvalue weighted by Crippen LogP contribution is -2.50. The summed E-state index contributed by atoms with van der Waals surface area (Å²) in [6.45, 7) is 3.62. The minimum absolute atomic E-state index is 0.0604. The van der Waals surface area contributed by atoms with Crippen molar-refractivity contribution >= 4 is 10.2 Å². The highest BCUT2D eigenvalue weighted by molar-refractivity contribution is 7.87. The third kappa shape index (κ3) is 3.21. The normalized spacial score (nSPS) is 31.9. The van der Waals surface area contributed by atoms with Crippen LogP contribution in [0.2, 0.25) is 0 Å². The first-order valence-corrected chi connectivity index (χ1v) is 7.97. The molecule has 2 saturated heterocycles. The van der Waals surface area contributed by atoms with Crippen molar-refractivity contribution in [3.63, 3.8) is 0 Å². The number of aliphatic hydroxyl groups is 1. The standard InChI is InChI=1S/C11H22N2O4S/c1-9-11(4-7-17-9)12-18(15,16)13-5-2-10(8-14)3-6-13/h9-12,14H,2-8H2,1H3. The first kappa shape index (κ1) is 14.2. The fourth-order valence-electron chi connectivity index (χ4n) is 2.48. The van der Waals surface area contributed by atoms with Gasteiger partial charge in [-0.2, -0.15) is 17.4 Å². The van der Waals surface area contributed by atoms with Crippen molar-refractivity contribution < 1.29 is 18.3 Å². The average Bonchev–Trinajstić information content (AvgIpc) is 2.74. The van der Waals surface area contributed by atoms with E-state index in [1.54, 1.807) is 0 Å². The van der Waals surface area contributed by atoms with E-state index in [9.17, 15) is 8.42 Å². The third-order valence-corrected chi connectivity index (χ3v) is 5.49. The molecule has 0 saturated carbocycles. The van der Waals surface area contributed by atoms with Crippen LogP contribution in [0.25, 0.3) is 0 Å². The highest BCUT2D eigenvalue weighted by Crippen LogP contribution is 2.20. The van der Waals surface area contributed by atoms with Crippen molar-refractivity contribution in [3.8, 4) is 0 Å². The lowest BCUT2D eigenvalue weighted by Gasteiger charge is -2.31. The van der Waals surface area contributed by atoms with Crippen molar-refractivity contribution in [2.75, 3.05) is 26.3 Å². The molecule has 0 aromatic rings. The Labute approximate surface area is 108 Å².